The van der Waals surface area contributed by atoms with Gasteiger partial charge in [-0.25, -0.2) is 0 Å². The smallest absolute Gasteiger partial charge is 0.127 e. The standard InChI is InChI=1S/C15H17N3O/c1-11-7-8-15(19-11)14(10-17)18(2)13-6-4-3-5-12(13)9-16/h3-8,14H,10,17H2,1-2H3. The van der Waals surface area contributed by atoms with Gasteiger partial charge >= 0.3 is 0 Å². The van der Waals surface area contributed by atoms with Crippen molar-refractivity contribution in [3.05, 3.63) is 53.5 Å². The summed E-state index contributed by atoms with van der Waals surface area (Å²) < 4.78 is 5.65. The molecule has 1 atom stereocenters. The number of nitrogens with two attached hydrogens (primary N) is 1. The molecule has 1 aromatic carbocycles. The van der Waals surface area contributed by atoms with Gasteiger partial charge < -0.3 is 15.1 Å². The zero-order valence-electron chi connectivity index (χ0n) is 11.1. The van der Waals surface area contributed by atoms with Gasteiger partial charge in [-0.1, -0.05) is 12.1 Å². The number of nitriles is 1. The minimum Gasteiger partial charge on any atom is -0.464 e. The fourth-order valence-corrected chi connectivity index (χ4v) is 2.14. The van der Waals surface area contributed by atoms with Crippen LogP contribution in [0.5, 0.6) is 0 Å². The van der Waals surface area contributed by atoms with Crippen molar-refractivity contribution >= 4 is 5.69 Å². The summed E-state index contributed by atoms with van der Waals surface area (Å²) in [6.45, 7) is 2.32. The molecule has 4 heteroatoms. The second kappa shape index (κ2) is 5.59. The lowest BCUT2D eigenvalue weighted by molar-refractivity contribution is 0.441. The second-order valence-corrected chi connectivity index (χ2v) is 4.44. The molecule has 1 heterocycles. The van der Waals surface area contributed by atoms with E-state index in [9.17, 15) is 0 Å². The van der Waals surface area contributed by atoms with E-state index in [1.165, 1.54) is 0 Å². The minimum atomic E-state index is -0.0804. The lowest BCUT2D eigenvalue weighted by Gasteiger charge is -2.28. The highest BCUT2D eigenvalue weighted by molar-refractivity contribution is 5.59. The topological polar surface area (TPSA) is 66.2 Å². The van der Waals surface area contributed by atoms with Gasteiger partial charge in [-0.3, -0.25) is 0 Å². The van der Waals surface area contributed by atoms with Gasteiger partial charge in [0.15, 0.2) is 0 Å². The minimum absolute atomic E-state index is 0.0804. The highest BCUT2D eigenvalue weighted by atomic mass is 16.3. The summed E-state index contributed by atoms with van der Waals surface area (Å²) in [5.41, 5.74) is 7.35. The van der Waals surface area contributed by atoms with Gasteiger partial charge in [0, 0.05) is 13.6 Å². The van der Waals surface area contributed by atoms with Crippen LogP contribution in [-0.4, -0.2) is 13.6 Å². The summed E-state index contributed by atoms with van der Waals surface area (Å²) in [4.78, 5) is 1.98. The first-order chi connectivity index (χ1) is 9.17. The molecule has 4 nitrogen and oxygen atoms in total. The number of benzene rings is 1. The quantitative estimate of drug-likeness (QED) is 0.912. The molecular formula is C15H17N3O. The van der Waals surface area contributed by atoms with E-state index in [1.54, 1.807) is 6.07 Å². The molecule has 1 unspecified atom stereocenters. The number of furan rings is 1. The van der Waals surface area contributed by atoms with E-state index in [-0.39, 0.29) is 6.04 Å². The lowest BCUT2D eigenvalue weighted by atomic mass is 10.1. The van der Waals surface area contributed by atoms with E-state index < -0.39 is 0 Å². The zero-order chi connectivity index (χ0) is 13.8. The van der Waals surface area contributed by atoms with Gasteiger partial charge in [0.2, 0.25) is 0 Å². The Morgan fingerprint density at radius 3 is 2.63 bits per heavy atom. The predicted molar refractivity (Wildman–Crippen MR) is 74.8 cm³/mol. The molecule has 0 aliphatic rings. The molecule has 2 N–H and O–H groups in total. The third-order valence-electron chi connectivity index (χ3n) is 3.18. The number of aryl methyl sites for hydroxylation is 1. The Kier molecular flexibility index (Phi) is 3.88. The van der Waals surface area contributed by atoms with Crippen LogP contribution in [0.3, 0.4) is 0 Å². The summed E-state index contributed by atoms with van der Waals surface area (Å²) in [6.07, 6.45) is 0. The molecule has 1 aromatic heterocycles. The molecule has 0 radical (unpaired) electrons. The van der Waals surface area contributed by atoms with Crippen LogP contribution in [-0.2, 0) is 0 Å². The predicted octanol–water partition coefficient (Wildman–Crippen LogP) is 2.60. The molecule has 0 bridgehead atoms. The van der Waals surface area contributed by atoms with Crippen molar-refractivity contribution in [1.82, 2.24) is 0 Å². The number of rotatable bonds is 4. The van der Waals surface area contributed by atoms with Crippen molar-refractivity contribution in [2.45, 2.75) is 13.0 Å². The van der Waals surface area contributed by atoms with Crippen molar-refractivity contribution in [3.8, 4) is 6.07 Å². The van der Waals surface area contributed by atoms with E-state index in [0.29, 0.717) is 12.1 Å². The average Bonchev–Trinajstić information content (AvgIpc) is 2.86. The highest BCUT2D eigenvalue weighted by Gasteiger charge is 2.20. The van der Waals surface area contributed by atoms with Crippen LogP contribution >= 0.6 is 0 Å². The van der Waals surface area contributed by atoms with Crippen LogP contribution in [0.15, 0.2) is 40.8 Å². The van der Waals surface area contributed by atoms with Gasteiger partial charge in [0.05, 0.1) is 17.3 Å². The van der Waals surface area contributed by atoms with Gasteiger partial charge in [-0.05, 0) is 31.2 Å². The molecule has 0 aliphatic carbocycles. The van der Waals surface area contributed by atoms with Crippen molar-refractivity contribution in [1.29, 1.82) is 5.26 Å². The lowest BCUT2D eigenvalue weighted by Crippen LogP contribution is -2.30. The normalized spacial score (nSPS) is 11.9. The molecule has 0 amide bonds. The fourth-order valence-electron chi connectivity index (χ4n) is 2.14. The Hall–Kier alpha value is -2.25. The van der Waals surface area contributed by atoms with E-state index in [2.05, 4.69) is 6.07 Å². The summed E-state index contributed by atoms with van der Waals surface area (Å²) in [6, 6.07) is 13.4. The van der Waals surface area contributed by atoms with Crippen LogP contribution < -0.4 is 10.6 Å². The number of nitrogens with zero attached hydrogens (tertiary/aromatic N) is 2. The molecule has 0 saturated carbocycles. The Balaban J connectivity index is 2.36. The van der Waals surface area contributed by atoms with Crippen LogP contribution in [0.2, 0.25) is 0 Å². The number of likely N-dealkylation sites (N-methyl/N-ethyl adjacent to an activating group) is 1. The molecule has 0 aliphatic heterocycles. The molecule has 2 aromatic rings. The average molecular weight is 255 g/mol. The Morgan fingerprint density at radius 2 is 2.05 bits per heavy atom. The SMILES string of the molecule is Cc1ccc(C(CN)N(C)c2ccccc2C#N)o1. The first-order valence-corrected chi connectivity index (χ1v) is 6.15. The van der Waals surface area contributed by atoms with Gasteiger partial charge in [0.1, 0.15) is 17.6 Å². The number of hydrogen-bond donors (Lipinski definition) is 1. The van der Waals surface area contributed by atoms with Gasteiger partial charge in [-0.2, -0.15) is 5.26 Å². The van der Waals surface area contributed by atoms with E-state index in [4.69, 9.17) is 15.4 Å². The van der Waals surface area contributed by atoms with E-state index >= 15 is 0 Å². The first-order valence-electron chi connectivity index (χ1n) is 6.15. The van der Waals surface area contributed by atoms with Crippen molar-refractivity contribution in [3.63, 3.8) is 0 Å². The molecule has 0 spiro atoms. The van der Waals surface area contributed by atoms with Crippen molar-refractivity contribution in [2.75, 3.05) is 18.5 Å². The summed E-state index contributed by atoms with van der Waals surface area (Å²) in [5, 5.41) is 9.17. The molecule has 98 valence electrons. The molecule has 0 saturated heterocycles. The second-order valence-electron chi connectivity index (χ2n) is 4.44. The fraction of sp³-hybridized carbons (Fsp3) is 0.267. The molecule has 19 heavy (non-hydrogen) atoms. The van der Waals surface area contributed by atoms with Gasteiger partial charge in [-0.15, -0.1) is 0 Å². The summed E-state index contributed by atoms with van der Waals surface area (Å²) in [5.74, 6) is 1.67. The Bertz CT molecular complexity index is 597. The Morgan fingerprint density at radius 1 is 1.32 bits per heavy atom. The third-order valence-corrected chi connectivity index (χ3v) is 3.18. The maximum Gasteiger partial charge on any atom is 0.127 e. The number of anilines is 1. The molecule has 0 fully saturated rings. The van der Waals surface area contributed by atoms with Crippen molar-refractivity contribution < 1.29 is 4.42 Å². The van der Waals surface area contributed by atoms with Crippen LogP contribution in [0.4, 0.5) is 5.69 Å². The number of para-hydroxylation sites is 1. The monoisotopic (exact) mass is 255 g/mol. The molecule has 2 rings (SSSR count). The van der Waals surface area contributed by atoms with Crippen LogP contribution in [0.25, 0.3) is 0 Å². The van der Waals surface area contributed by atoms with Crippen LogP contribution in [0, 0.1) is 18.3 Å². The van der Waals surface area contributed by atoms with E-state index in [0.717, 1.165) is 17.2 Å². The van der Waals surface area contributed by atoms with E-state index in [1.807, 2.05) is 49.2 Å². The van der Waals surface area contributed by atoms with Gasteiger partial charge in [0.25, 0.3) is 0 Å². The first kappa shape index (κ1) is 13.2. The Labute approximate surface area is 113 Å². The maximum atomic E-state index is 9.17. The zero-order valence-corrected chi connectivity index (χ0v) is 11.1. The maximum absolute atomic E-state index is 9.17. The third kappa shape index (κ3) is 2.61. The molecular weight excluding hydrogens is 238 g/mol. The highest BCUT2D eigenvalue weighted by Crippen LogP contribution is 2.28. The van der Waals surface area contributed by atoms with Crippen molar-refractivity contribution in [2.24, 2.45) is 5.73 Å². The number of hydrogen-bond acceptors (Lipinski definition) is 4. The summed E-state index contributed by atoms with van der Waals surface area (Å²) >= 11 is 0. The van der Waals surface area contributed by atoms with Crippen LogP contribution in [0.1, 0.15) is 23.1 Å². The largest absolute Gasteiger partial charge is 0.464 e. The summed E-state index contributed by atoms with van der Waals surface area (Å²) in [7, 11) is 1.92.